The second-order valence-electron chi connectivity index (χ2n) is 4.88. The third-order valence-electron chi connectivity index (χ3n) is 3.05. The average molecular weight is 250 g/mol. The largest absolute Gasteiger partial charge is 0.412 e. The normalized spacial score (nSPS) is 20.5. The molecule has 1 heterocycles. The Morgan fingerprint density at radius 3 is 2.41 bits per heavy atom. The molecule has 0 fully saturated rings. The highest BCUT2D eigenvalue weighted by Crippen LogP contribution is 2.30. The van der Waals surface area contributed by atoms with Crippen LogP contribution in [0.25, 0.3) is 0 Å². The first kappa shape index (κ1) is 14.5. The molecule has 0 aromatic carbocycles. The Kier molecular flexibility index (Phi) is 5.01. The van der Waals surface area contributed by atoms with E-state index < -0.39 is 6.18 Å². The van der Waals surface area contributed by atoms with Crippen LogP contribution in [0.5, 0.6) is 0 Å². The summed E-state index contributed by atoms with van der Waals surface area (Å²) in [5.41, 5.74) is -0.377. The van der Waals surface area contributed by atoms with Crippen LogP contribution >= 0.6 is 0 Å². The summed E-state index contributed by atoms with van der Waals surface area (Å²) in [6, 6.07) is 0.673. The van der Waals surface area contributed by atoms with Crippen molar-refractivity contribution in [2.24, 2.45) is 0 Å². The number of hydrogen-bond acceptors (Lipinski definition) is 2. The van der Waals surface area contributed by atoms with Crippen LogP contribution in [-0.4, -0.2) is 42.8 Å². The molecule has 0 spiro atoms. The van der Waals surface area contributed by atoms with Crippen molar-refractivity contribution in [1.29, 1.82) is 0 Å². The smallest absolute Gasteiger partial charge is 0.313 e. The van der Waals surface area contributed by atoms with E-state index in [1.165, 1.54) is 6.08 Å². The minimum absolute atomic E-state index is 0.107. The van der Waals surface area contributed by atoms with Gasteiger partial charge in [0.15, 0.2) is 0 Å². The van der Waals surface area contributed by atoms with Gasteiger partial charge in [-0.25, -0.2) is 0 Å². The van der Waals surface area contributed by atoms with Crippen molar-refractivity contribution in [3.63, 3.8) is 0 Å². The summed E-state index contributed by atoms with van der Waals surface area (Å²) in [5.74, 6) is 0. The predicted octanol–water partition coefficient (Wildman–Crippen LogP) is 2.57. The Morgan fingerprint density at radius 2 is 2.00 bits per heavy atom. The second-order valence-corrected chi connectivity index (χ2v) is 4.88. The first-order valence-electron chi connectivity index (χ1n) is 6.04. The van der Waals surface area contributed by atoms with Gasteiger partial charge in [0, 0.05) is 37.3 Å². The zero-order valence-corrected chi connectivity index (χ0v) is 10.6. The molecular formula is C12H21F3N2. The molecule has 0 amide bonds. The molecule has 1 N–H and O–H groups in total. The molecule has 17 heavy (non-hydrogen) atoms. The van der Waals surface area contributed by atoms with E-state index in [4.69, 9.17) is 0 Å². The summed E-state index contributed by atoms with van der Waals surface area (Å²) in [4.78, 5) is 2.07. The van der Waals surface area contributed by atoms with E-state index in [-0.39, 0.29) is 18.0 Å². The maximum Gasteiger partial charge on any atom is 0.412 e. The zero-order valence-electron chi connectivity index (χ0n) is 10.6. The van der Waals surface area contributed by atoms with Crippen LogP contribution in [0, 0.1) is 0 Å². The molecule has 0 aromatic heterocycles. The van der Waals surface area contributed by atoms with Gasteiger partial charge < -0.3 is 5.32 Å². The van der Waals surface area contributed by atoms with Crippen molar-refractivity contribution in [3.05, 3.63) is 11.6 Å². The molecule has 5 heteroatoms. The van der Waals surface area contributed by atoms with E-state index in [1.54, 1.807) is 0 Å². The summed E-state index contributed by atoms with van der Waals surface area (Å²) in [5, 5.41) is 3.30. The molecule has 1 atom stereocenters. The number of halogens is 3. The SMILES string of the molecule is CC(C)NCC(C)N1CC=C(C(F)(F)F)CC1. The number of nitrogens with zero attached hydrogens (tertiary/aromatic N) is 1. The number of rotatable bonds is 4. The molecule has 0 bridgehead atoms. The van der Waals surface area contributed by atoms with Gasteiger partial charge in [0.1, 0.15) is 0 Å². The van der Waals surface area contributed by atoms with Crippen molar-refractivity contribution in [2.75, 3.05) is 19.6 Å². The highest BCUT2D eigenvalue weighted by atomic mass is 19.4. The average Bonchev–Trinajstić information content (AvgIpc) is 2.25. The van der Waals surface area contributed by atoms with Crippen LogP contribution in [0.3, 0.4) is 0 Å². The van der Waals surface area contributed by atoms with E-state index in [1.807, 2.05) is 6.92 Å². The first-order chi connectivity index (χ1) is 7.80. The van der Waals surface area contributed by atoms with Crippen LogP contribution in [0.4, 0.5) is 13.2 Å². The van der Waals surface area contributed by atoms with Gasteiger partial charge in [-0.3, -0.25) is 4.90 Å². The van der Waals surface area contributed by atoms with Gasteiger partial charge in [-0.05, 0) is 13.3 Å². The topological polar surface area (TPSA) is 15.3 Å². The van der Waals surface area contributed by atoms with Gasteiger partial charge in [0.25, 0.3) is 0 Å². The molecular weight excluding hydrogens is 229 g/mol. The van der Waals surface area contributed by atoms with E-state index in [2.05, 4.69) is 24.1 Å². The lowest BCUT2D eigenvalue weighted by Gasteiger charge is -2.32. The van der Waals surface area contributed by atoms with E-state index in [9.17, 15) is 13.2 Å². The maximum absolute atomic E-state index is 12.4. The van der Waals surface area contributed by atoms with Gasteiger partial charge in [-0.1, -0.05) is 19.9 Å². The van der Waals surface area contributed by atoms with Crippen molar-refractivity contribution in [2.45, 2.75) is 45.5 Å². The Labute approximate surface area is 101 Å². The lowest BCUT2D eigenvalue weighted by molar-refractivity contribution is -0.0963. The monoisotopic (exact) mass is 250 g/mol. The van der Waals surface area contributed by atoms with Gasteiger partial charge >= 0.3 is 6.18 Å². The van der Waals surface area contributed by atoms with Gasteiger partial charge in [0.05, 0.1) is 0 Å². The summed E-state index contributed by atoms with van der Waals surface area (Å²) >= 11 is 0. The third kappa shape index (κ3) is 4.68. The van der Waals surface area contributed by atoms with Crippen molar-refractivity contribution < 1.29 is 13.2 Å². The minimum atomic E-state index is -4.15. The fourth-order valence-electron chi connectivity index (χ4n) is 1.88. The lowest BCUT2D eigenvalue weighted by atomic mass is 10.1. The summed E-state index contributed by atoms with van der Waals surface area (Å²) in [6.07, 6.45) is -2.73. The van der Waals surface area contributed by atoms with E-state index in [0.29, 0.717) is 19.1 Å². The highest BCUT2D eigenvalue weighted by molar-refractivity contribution is 5.13. The molecule has 0 radical (unpaired) electrons. The predicted molar refractivity (Wildman–Crippen MR) is 62.9 cm³/mol. The molecule has 0 saturated heterocycles. The molecule has 0 saturated carbocycles. The number of nitrogens with one attached hydrogen (secondary N) is 1. The highest BCUT2D eigenvalue weighted by Gasteiger charge is 2.35. The molecule has 1 unspecified atom stereocenters. The zero-order chi connectivity index (χ0) is 13.1. The van der Waals surface area contributed by atoms with Crippen molar-refractivity contribution in [1.82, 2.24) is 10.2 Å². The lowest BCUT2D eigenvalue weighted by Crippen LogP contribution is -2.44. The quantitative estimate of drug-likeness (QED) is 0.771. The molecule has 1 aliphatic heterocycles. The second kappa shape index (κ2) is 5.87. The maximum atomic E-state index is 12.4. The summed E-state index contributed by atoms with van der Waals surface area (Å²) in [7, 11) is 0. The van der Waals surface area contributed by atoms with Crippen molar-refractivity contribution >= 4 is 0 Å². The van der Waals surface area contributed by atoms with Crippen LogP contribution in [-0.2, 0) is 0 Å². The van der Waals surface area contributed by atoms with Gasteiger partial charge in [0.2, 0.25) is 0 Å². The summed E-state index contributed by atoms with van der Waals surface area (Å²) < 4.78 is 37.3. The van der Waals surface area contributed by atoms with E-state index >= 15 is 0 Å². The molecule has 100 valence electrons. The molecule has 0 aromatic rings. The van der Waals surface area contributed by atoms with Gasteiger partial charge in [-0.2, -0.15) is 13.2 Å². The van der Waals surface area contributed by atoms with Crippen LogP contribution in [0.2, 0.25) is 0 Å². The Balaban J connectivity index is 2.43. The molecule has 2 nitrogen and oxygen atoms in total. The van der Waals surface area contributed by atoms with Crippen molar-refractivity contribution in [3.8, 4) is 0 Å². The van der Waals surface area contributed by atoms with E-state index in [0.717, 1.165) is 6.54 Å². The van der Waals surface area contributed by atoms with Crippen LogP contribution < -0.4 is 5.32 Å². The Morgan fingerprint density at radius 1 is 1.35 bits per heavy atom. The fraction of sp³-hybridized carbons (Fsp3) is 0.833. The fourth-order valence-corrected chi connectivity index (χ4v) is 1.88. The van der Waals surface area contributed by atoms with Gasteiger partial charge in [-0.15, -0.1) is 0 Å². The number of alkyl halides is 3. The summed E-state index contributed by atoms with van der Waals surface area (Å²) in [6.45, 7) is 7.87. The minimum Gasteiger partial charge on any atom is -0.313 e. The molecule has 1 aliphatic rings. The Bertz CT molecular complexity index is 271. The first-order valence-corrected chi connectivity index (χ1v) is 6.04. The Hall–Kier alpha value is -0.550. The van der Waals surface area contributed by atoms with Crippen LogP contribution in [0.1, 0.15) is 27.2 Å². The van der Waals surface area contributed by atoms with Crippen LogP contribution in [0.15, 0.2) is 11.6 Å². The standard InChI is InChI=1S/C12H21F3N2/c1-9(2)16-8-10(3)17-6-4-11(5-7-17)12(13,14)15/h4,9-10,16H,5-8H2,1-3H3. The third-order valence-corrected chi connectivity index (χ3v) is 3.05. The molecule has 1 rings (SSSR count). The number of hydrogen-bond donors (Lipinski definition) is 1. The molecule has 0 aliphatic carbocycles.